The summed E-state index contributed by atoms with van der Waals surface area (Å²) in [6, 6.07) is 9.20. The Balaban J connectivity index is 1.99. The van der Waals surface area contributed by atoms with Crippen LogP contribution in [0.5, 0.6) is 0 Å². The number of hydrogen-bond acceptors (Lipinski definition) is 1. The molecule has 1 aromatic carbocycles. The summed E-state index contributed by atoms with van der Waals surface area (Å²) >= 11 is 0. The van der Waals surface area contributed by atoms with Crippen LogP contribution in [0, 0.1) is 19.8 Å². The van der Waals surface area contributed by atoms with E-state index in [0.29, 0.717) is 0 Å². The highest BCUT2D eigenvalue weighted by Gasteiger charge is 2.24. The molecule has 134 valence electrons. The molecule has 0 atom stereocenters. The van der Waals surface area contributed by atoms with Gasteiger partial charge in [-0.15, -0.1) is 0 Å². The van der Waals surface area contributed by atoms with E-state index < -0.39 is 8.07 Å². The van der Waals surface area contributed by atoms with E-state index in [9.17, 15) is 0 Å². The van der Waals surface area contributed by atoms with E-state index in [1.807, 2.05) is 0 Å². The van der Waals surface area contributed by atoms with Gasteiger partial charge >= 0.3 is 0 Å². The molecule has 1 saturated carbocycles. The summed E-state index contributed by atoms with van der Waals surface area (Å²) in [4.78, 5) is 4.89. The Labute approximate surface area is 154 Å². The Bertz CT molecular complexity index is 716. The molecule has 2 heteroatoms. The zero-order valence-corrected chi connectivity index (χ0v) is 17.7. The summed E-state index contributed by atoms with van der Waals surface area (Å²) in [5, 5.41) is 1.56. The molecule has 0 bridgehead atoms. The molecular weight excluding hydrogens is 318 g/mol. The Morgan fingerprint density at radius 3 is 2.16 bits per heavy atom. The molecule has 0 radical (unpaired) electrons. The van der Waals surface area contributed by atoms with Crippen molar-refractivity contribution in [3.8, 4) is 11.3 Å². The van der Waals surface area contributed by atoms with Crippen LogP contribution in [0.3, 0.4) is 0 Å². The van der Waals surface area contributed by atoms with Crippen LogP contribution >= 0.6 is 0 Å². The molecule has 0 saturated heterocycles. The van der Waals surface area contributed by atoms with E-state index in [1.165, 1.54) is 55.2 Å². The number of benzene rings is 1. The lowest BCUT2D eigenvalue weighted by atomic mass is 9.85. The van der Waals surface area contributed by atoms with Crippen LogP contribution in [0.4, 0.5) is 0 Å². The summed E-state index contributed by atoms with van der Waals surface area (Å²) in [6.07, 6.45) is 10.5. The molecule has 1 fully saturated rings. The largest absolute Gasteiger partial charge is 0.256 e. The lowest BCUT2D eigenvalue weighted by Crippen LogP contribution is -2.41. The van der Waals surface area contributed by atoms with Crippen LogP contribution in [0.15, 0.2) is 30.5 Å². The molecular formula is C23H33NSi. The van der Waals surface area contributed by atoms with Crippen molar-refractivity contribution in [2.75, 3.05) is 0 Å². The summed E-state index contributed by atoms with van der Waals surface area (Å²) in [7, 11) is -1.37. The normalized spacial score (nSPS) is 16.2. The van der Waals surface area contributed by atoms with Crippen LogP contribution < -0.4 is 5.19 Å². The molecule has 0 amide bonds. The van der Waals surface area contributed by atoms with Crippen LogP contribution in [-0.2, 0) is 6.42 Å². The third-order valence-corrected chi connectivity index (χ3v) is 7.61. The third kappa shape index (κ3) is 4.61. The number of aryl methyl sites for hydroxylation is 2. The monoisotopic (exact) mass is 351 g/mol. The number of pyridine rings is 1. The van der Waals surface area contributed by atoms with Crippen molar-refractivity contribution in [3.63, 3.8) is 0 Å². The van der Waals surface area contributed by atoms with Gasteiger partial charge in [-0.05, 0) is 55.1 Å². The van der Waals surface area contributed by atoms with Crippen molar-refractivity contribution in [1.82, 2.24) is 4.98 Å². The van der Waals surface area contributed by atoms with Crippen molar-refractivity contribution in [3.05, 3.63) is 47.2 Å². The molecule has 1 nitrogen and oxygen atoms in total. The van der Waals surface area contributed by atoms with E-state index in [-0.39, 0.29) is 0 Å². The van der Waals surface area contributed by atoms with Crippen molar-refractivity contribution >= 4 is 13.3 Å². The Hall–Kier alpha value is -1.41. The molecule has 1 aliphatic rings. The molecule has 3 rings (SSSR count). The topological polar surface area (TPSA) is 12.9 Å². The van der Waals surface area contributed by atoms with E-state index in [0.717, 1.165) is 11.6 Å². The SMILES string of the molecule is Cc1cc(C)cc(-c2cc(CC3CCCCC3)c([Si](C)(C)C)cn2)c1. The minimum absolute atomic E-state index is 0.873. The highest BCUT2D eigenvalue weighted by atomic mass is 28.3. The lowest BCUT2D eigenvalue weighted by Gasteiger charge is -2.26. The van der Waals surface area contributed by atoms with Crippen molar-refractivity contribution in [1.29, 1.82) is 0 Å². The number of hydrogen-bond donors (Lipinski definition) is 0. The van der Waals surface area contributed by atoms with E-state index in [1.54, 1.807) is 10.8 Å². The molecule has 1 heterocycles. The molecule has 0 N–H and O–H groups in total. The Morgan fingerprint density at radius 2 is 1.56 bits per heavy atom. The van der Waals surface area contributed by atoms with Crippen LogP contribution in [0.2, 0.25) is 19.6 Å². The maximum atomic E-state index is 4.89. The smallest absolute Gasteiger partial charge is 0.0799 e. The fourth-order valence-electron chi connectivity index (χ4n) is 4.32. The minimum atomic E-state index is -1.37. The average Bonchev–Trinajstić information content (AvgIpc) is 2.54. The summed E-state index contributed by atoms with van der Waals surface area (Å²) in [5.41, 5.74) is 6.64. The zero-order chi connectivity index (χ0) is 18.0. The van der Waals surface area contributed by atoms with Crippen LogP contribution in [0.1, 0.15) is 48.8 Å². The predicted octanol–water partition coefficient (Wildman–Crippen LogP) is 6.03. The van der Waals surface area contributed by atoms with Crippen LogP contribution in [0.25, 0.3) is 11.3 Å². The number of nitrogens with zero attached hydrogens (tertiary/aromatic N) is 1. The van der Waals surface area contributed by atoms with Gasteiger partial charge < -0.3 is 0 Å². The van der Waals surface area contributed by atoms with Gasteiger partial charge in [-0.2, -0.15) is 0 Å². The first-order valence-corrected chi connectivity index (χ1v) is 13.4. The Kier molecular flexibility index (Phi) is 5.48. The molecule has 1 aliphatic carbocycles. The molecule has 0 spiro atoms. The van der Waals surface area contributed by atoms with Gasteiger partial charge in [-0.1, -0.05) is 68.9 Å². The highest BCUT2D eigenvalue weighted by molar-refractivity contribution is 6.89. The van der Waals surface area contributed by atoms with E-state index >= 15 is 0 Å². The summed E-state index contributed by atoms with van der Waals surface area (Å²) in [5.74, 6) is 0.873. The fraction of sp³-hybridized carbons (Fsp3) is 0.522. The minimum Gasteiger partial charge on any atom is -0.256 e. The predicted molar refractivity (Wildman–Crippen MR) is 112 cm³/mol. The number of rotatable bonds is 4. The van der Waals surface area contributed by atoms with Crippen LogP contribution in [-0.4, -0.2) is 13.1 Å². The van der Waals surface area contributed by atoms with Gasteiger partial charge in [0.25, 0.3) is 0 Å². The van der Waals surface area contributed by atoms with Gasteiger partial charge in [-0.3, -0.25) is 4.98 Å². The molecule has 1 aromatic heterocycles. The summed E-state index contributed by atoms with van der Waals surface area (Å²) < 4.78 is 0. The highest BCUT2D eigenvalue weighted by Crippen LogP contribution is 2.28. The molecule has 0 unspecified atom stereocenters. The van der Waals surface area contributed by atoms with Crippen molar-refractivity contribution in [2.45, 2.75) is 72.0 Å². The molecule has 2 aromatic rings. The lowest BCUT2D eigenvalue weighted by molar-refractivity contribution is 0.357. The second-order valence-corrected chi connectivity index (χ2v) is 14.1. The van der Waals surface area contributed by atoms with Gasteiger partial charge in [0.2, 0.25) is 0 Å². The third-order valence-electron chi connectivity index (χ3n) is 5.55. The first-order valence-electron chi connectivity index (χ1n) is 9.91. The quantitative estimate of drug-likeness (QED) is 0.612. The van der Waals surface area contributed by atoms with E-state index in [2.05, 4.69) is 64.0 Å². The first-order chi connectivity index (χ1) is 11.8. The standard InChI is InChI=1S/C23H33NSi/c1-17-11-18(2)13-20(12-17)22-15-21(14-19-9-7-6-8-10-19)23(16-24-22)25(3,4)5/h11-13,15-16,19H,6-10,14H2,1-5H3. The van der Waals surface area contributed by atoms with Crippen molar-refractivity contribution < 1.29 is 0 Å². The average molecular weight is 352 g/mol. The molecule has 0 aliphatic heterocycles. The second kappa shape index (κ2) is 7.45. The van der Waals surface area contributed by atoms with Crippen molar-refractivity contribution in [2.24, 2.45) is 5.92 Å². The second-order valence-electron chi connectivity index (χ2n) is 9.06. The first kappa shape index (κ1) is 18.4. The van der Waals surface area contributed by atoms with Gasteiger partial charge in [0.05, 0.1) is 13.8 Å². The maximum absolute atomic E-state index is 4.89. The Morgan fingerprint density at radius 1 is 0.920 bits per heavy atom. The van der Waals surface area contributed by atoms with Gasteiger partial charge in [0.15, 0.2) is 0 Å². The number of aromatic nitrogens is 1. The zero-order valence-electron chi connectivity index (χ0n) is 16.7. The van der Waals surface area contributed by atoms with Gasteiger partial charge in [-0.25, -0.2) is 0 Å². The van der Waals surface area contributed by atoms with E-state index in [4.69, 9.17) is 4.98 Å². The van der Waals surface area contributed by atoms with Gasteiger partial charge in [0, 0.05) is 11.8 Å². The molecule has 25 heavy (non-hydrogen) atoms. The maximum Gasteiger partial charge on any atom is 0.0799 e. The summed E-state index contributed by atoms with van der Waals surface area (Å²) in [6.45, 7) is 11.7. The van der Waals surface area contributed by atoms with Gasteiger partial charge in [0.1, 0.15) is 0 Å². The fourth-order valence-corrected chi connectivity index (χ4v) is 5.91.